The number of rotatable bonds is 0. The van der Waals surface area contributed by atoms with E-state index >= 15 is 0 Å². The Morgan fingerprint density at radius 3 is 2.67 bits per heavy atom. The summed E-state index contributed by atoms with van der Waals surface area (Å²) in [5.74, 6) is 0. The fourth-order valence-electron chi connectivity index (χ4n) is 1.07. The van der Waals surface area contributed by atoms with Gasteiger partial charge in [-0.2, -0.15) is 5.10 Å². The summed E-state index contributed by atoms with van der Waals surface area (Å²) in [5.41, 5.74) is 0. The van der Waals surface area contributed by atoms with Crippen LogP contribution in [0.4, 0.5) is 0 Å². The summed E-state index contributed by atoms with van der Waals surface area (Å²) in [6.45, 7) is 0. The highest BCUT2D eigenvalue weighted by Gasteiger charge is 1.88. The molecule has 2 rings (SSSR count). The first-order valence-corrected chi connectivity index (χ1v) is 3.99. The third-order valence-electron chi connectivity index (χ3n) is 1.63. The Labute approximate surface area is 74.9 Å². The molecule has 12 heavy (non-hydrogen) atoms. The van der Waals surface area contributed by atoms with Crippen LogP contribution in [0.25, 0.3) is 10.8 Å². The van der Waals surface area contributed by atoms with Crippen LogP contribution in [-0.4, -0.2) is 10.2 Å². The molecule has 2 aromatic rings. The molecule has 0 aliphatic rings. The highest BCUT2D eigenvalue weighted by molar-refractivity contribution is 7.71. The van der Waals surface area contributed by atoms with Gasteiger partial charge in [-0.25, -0.2) is 0 Å². The summed E-state index contributed by atoms with van der Waals surface area (Å²) < 4.78 is 0.524. The fourth-order valence-corrected chi connectivity index (χ4v) is 1.24. The molecule has 0 saturated heterocycles. The van der Waals surface area contributed by atoms with E-state index in [9.17, 15) is 0 Å². The molecule has 3 heteroatoms. The fraction of sp³-hybridized carbons (Fsp3) is 0. The van der Waals surface area contributed by atoms with Crippen LogP contribution in [0.5, 0.6) is 0 Å². The molecule has 0 aliphatic carbocycles. The van der Waals surface area contributed by atoms with E-state index in [-0.39, 0.29) is 0 Å². The molecular weight excluding hydrogens is 168 g/mol. The third-order valence-corrected chi connectivity index (χ3v) is 1.83. The monoisotopic (exact) mass is 174 g/mol. The van der Waals surface area contributed by atoms with Gasteiger partial charge >= 0.3 is 0 Å². The largest absolute Gasteiger partial charge is 0.157 e. The molecule has 0 fully saturated rings. The lowest BCUT2D eigenvalue weighted by atomic mass is 10.2. The Kier molecular flexibility index (Phi) is 1.80. The average molecular weight is 174 g/mol. The Balaban J connectivity index is 2.98. The second kappa shape index (κ2) is 2.95. The normalized spacial score (nSPS) is 10.0. The van der Waals surface area contributed by atoms with Gasteiger partial charge in [-0.1, -0.05) is 36.5 Å². The number of benzene rings is 1. The van der Waals surface area contributed by atoms with Crippen LogP contribution >= 0.6 is 12.2 Å². The first kappa shape index (κ1) is 7.31. The number of nitrogens with zero attached hydrogens (tertiary/aromatic N) is 2. The standard InChI is InChI=1S/C9H6N2S/c12-9-5-7-3-1-2-4-8(7)6-10-11-9/h1-6H. The SMILES string of the molecule is S=c1cc2ccccc2cnn1. The molecule has 2 nitrogen and oxygen atoms in total. The minimum absolute atomic E-state index is 0.524. The van der Waals surface area contributed by atoms with Crippen LogP contribution in [0.3, 0.4) is 0 Å². The molecule has 0 amide bonds. The maximum atomic E-state index is 4.93. The second-order valence-corrected chi connectivity index (χ2v) is 2.87. The number of aromatic nitrogens is 2. The lowest BCUT2D eigenvalue weighted by molar-refractivity contribution is 1.04. The molecule has 0 saturated carbocycles. The Bertz CT molecular complexity index is 468. The van der Waals surface area contributed by atoms with Crippen LogP contribution in [0, 0.1) is 4.64 Å². The van der Waals surface area contributed by atoms with E-state index < -0.39 is 0 Å². The van der Waals surface area contributed by atoms with Crippen LogP contribution in [0.15, 0.2) is 36.5 Å². The molecule has 1 aromatic carbocycles. The van der Waals surface area contributed by atoms with Crippen molar-refractivity contribution in [3.63, 3.8) is 0 Å². The van der Waals surface area contributed by atoms with Crippen molar-refractivity contribution in [2.24, 2.45) is 0 Å². The molecule has 1 aromatic heterocycles. The summed E-state index contributed by atoms with van der Waals surface area (Å²) in [7, 11) is 0. The van der Waals surface area contributed by atoms with Gasteiger partial charge in [-0.3, -0.25) is 0 Å². The topological polar surface area (TPSA) is 25.8 Å². The molecule has 0 radical (unpaired) electrons. The maximum absolute atomic E-state index is 4.93. The highest BCUT2D eigenvalue weighted by Crippen LogP contribution is 2.09. The second-order valence-electron chi connectivity index (χ2n) is 2.46. The summed E-state index contributed by atoms with van der Waals surface area (Å²) in [6, 6.07) is 9.76. The van der Waals surface area contributed by atoms with Crippen molar-refractivity contribution < 1.29 is 0 Å². The van der Waals surface area contributed by atoms with Gasteiger partial charge in [0, 0.05) is 5.39 Å². The zero-order valence-corrected chi connectivity index (χ0v) is 7.08. The van der Waals surface area contributed by atoms with Crippen molar-refractivity contribution >= 4 is 23.0 Å². The molecule has 0 bridgehead atoms. The van der Waals surface area contributed by atoms with E-state index in [1.807, 2.05) is 30.3 Å². The van der Waals surface area contributed by atoms with Crippen molar-refractivity contribution in [3.05, 3.63) is 41.2 Å². The van der Waals surface area contributed by atoms with Gasteiger partial charge in [0.1, 0.15) is 4.64 Å². The average Bonchev–Trinajstić information content (AvgIpc) is 2.25. The van der Waals surface area contributed by atoms with Crippen molar-refractivity contribution in [1.82, 2.24) is 10.2 Å². The van der Waals surface area contributed by atoms with Crippen molar-refractivity contribution in [2.45, 2.75) is 0 Å². The minimum Gasteiger partial charge on any atom is -0.157 e. The lowest BCUT2D eigenvalue weighted by Crippen LogP contribution is -1.67. The first-order chi connectivity index (χ1) is 5.86. The smallest absolute Gasteiger partial charge is 0.149 e. The maximum Gasteiger partial charge on any atom is 0.149 e. The van der Waals surface area contributed by atoms with Gasteiger partial charge in [0.05, 0.1) is 6.20 Å². The van der Waals surface area contributed by atoms with E-state index in [2.05, 4.69) is 10.2 Å². The van der Waals surface area contributed by atoms with Crippen molar-refractivity contribution in [2.75, 3.05) is 0 Å². The van der Waals surface area contributed by atoms with Gasteiger partial charge in [0.2, 0.25) is 0 Å². The number of hydrogen-bond donors (Lipinski definition) is 0. The molecular formula is C9H6N2S. The van der Waals surface area contributed by atoms with Crippen molar-refractivity contribution in [3.8, 4) is 0 Å². The quantitative estimate of drug-likeness (QED) is 0.573. The van der Waals surface area contributed by atoms with E-state index in [1.165, 1.54) is 0 Å². The van der Waals surface area contributed by atoms with Gasteiger partial charge in [-0.05, 0) is 11.5 Å². The summed E-state index contributed by atoms with van der Waals surface area (Å²) in [5, 5.41) is 9.74. The van der Waals surface area contributed by atoms with E-state index in [1.54, 1.807) is 6.20 Å². The van der Waals surface area contributed by atoms with Crippen LogP contribution in [0.2, 0.25) is 0 Å². The highest BCUT2D eigenvalue weighted by atomic mass is 32.1. The van der Waals surface area contributed by atoms with E-state index in [0.717, 1.165) is 10.8 Å². The zero-order valence-electron chi connectivity index (χ0n) is 6.27. The van der Waals surface area contributed by atoms with E-state index in [4.69, 9.17) is 12.2 Å². The number of fused-ring (bicyclic) bond motifs is 1. The predicted octanol–water partition coefficient (Wildman–Crippen LogP) is 2.36. The molecule has 0 unspecified atom stereocenters. The van der Waals surface area contributed by atoms with Crippen LogP contribution in [-0.2, 0) is 0 Å². The summed E-state index contributed by atoms with van der Waals surface area (Å²) >= 11 is 4.93. The Morgan fingerprint density at radius 1 is 1.08 bits per heavy atom. The van der Waals surface area contributed by atoms with Gasteiger partial charge in [0.25, 0.3) is 0 Å². The molecule has 0 aliphatic heterocycles. The molecule has 58 valence electrons. The summed E-state index contributed by atoms with van der Waals surface area (Å²) in [4.78, 5) is 0. The summed E-state index contributed by atoms with van der Waals surface area (Å²) in [6.07, 6.45) is 1.71. The number of hydrogen-bond acceptors (Lipinski definition) is 3. The molecule has 0 N–H and O–H groups in total. The van der Waals surface area contributed by atoms with Gasteiger partial charge in [0.15, 0.2) is 0 Å². The van der Waals surface area contributed by atoms with Gasteiger partial charge in [-0.15, -0.1) is 5.10 Å². The van der Waals surface area contributed by atoms with Crippen LogP contribution in [0.1, 0.15) is 0 Å². The van der Waals surface area contributed by atoms with Crippen LogP contribution < -0.4 is 0 Å². The third kappa shape index (κ3) is 1.31. The lowest BCUT2D eigenvalue weighted by Gasteiger charge is -1.86. The van der Waals surface area contributed by atoms with Crippen molar-refractivity contribution in [1.29, 1.82) is 0 Å². The molecule has 0 atom stereocenters. The van der Waals surface area contributed by atoms with Gasteiger partial charge < -0.3 is 0 Å². The Hall–Kier alpha value is -1.35. The minimum atomic E-state index is 0.524. The molecule has 0 spiro atoms. The zero-order chi connectivity index (χ0) is 8.39. The molecule has 1 heterocycles. The Morgan fingerprint density at radius 2 is 1.83 bits per heavy atom. The predicted molar refractivity (Wildman–Crippen MR) is 50.4 cm³/mol. The first-order valence-electron chi connectivity index (χ1n) is 3.58. The van der Waals surface area contributed by atoms with E-state index in [0.29, 0.717) is 4.64 Å².